The Morgan fingerprint density at radius 1 is 1.42 bits per heavy atom. The first-order chi connectivity index (χ1) is 11.3. The van der Waals surface area contributed by atoms with Crippen molar-refractivity contribution in [2.75, 3.05) is 22.5 Å². The molecule has 0 fully saturated rings. The van der Waals surface area contributed by atoms with Gasteiger partial charge in [0.05, 0.1) is 0 Å². The Bertz CT molecular complexity index is 819. The normalized spacial score (nSPS) is 15.6. The second-order valence-electron chi connectivity index (χ2n) is 5.74. The van der Waals surface area contributed by atoms with Gasteiger partial charge < -0.3 is 10.5 Å². The molecule has 0 saturated carbocycles. The van der Waals surface area contributed by atoms with E-state index in [1.165, 1.54) is 16.2 Å². The third kappa shape index (κ3) is 3.00. The van der Waals surface area contributed by atoms with Gasteiger partial charge in [0.2, 0.25) is 11.0 Å². The number of anilines is 3. The van der Waals surface area contributed by atoms with Crippen molar-refractivity contribution in [3.05, 3.63) is 17.1 Å². The minimum atomic E-state index is -1.11. The zero-order valence-corrected chi connectivity index (χ0v) is 14.2. The van der Waals surface area contributed by atoms with Crippen LogP contribution in [0.1, 0.15) is 18.9 Å². The predicted octanol–water partition coefficient (Wildman–Crippen LogP) is 0.966. The van der Waals surface area contributed by atoms with Crippen molar-refractivity contribution in [2.45, 2.75) is 26.4 Å². The van der Waals surface area contributed by atoms with Gasteiger partial charge in [-0.1, -0.05) is 11.3 Å². The van der Waals surface area contributed by atoms with E-state index in [2.05, 4.69) is 20.5 Å². The molecule has 0 bridgehead atoms. The molecule has 3 N–H and O–H groups in total. The third-order valence-corrected chi connectivity index (χ3v) is 4.07. The smallest absolute Gasteiger partial charge is 0.272 e. The lowest BCUT2D eigenvalue weighted by molar-refractivity contribution is -0.133. The fourth-order valence-corrected chi connectivity index (χ4v) is 2.87. The van der Waals surface area contributed by atoms with E-state index in [0.29, 0.717) is 10.9 Å². The number of hydrogen-bond acceptors (Lipinski definition) is 8. The topological polar surface area (TPSA) is 123 Å². The zero-order chi connectivity index (χ0) is 17.5. The molecular weight excluding hydrogens is 332 g/mol. The van der Waals surface area contributed by atoms with Gasteiger partial charge in [0.1, 0.15) is 17.4 Å². The molecule has 24 heavy (non-hydrogen) atoms. The van der Waals surface area contributed by atoms with E-state index in [-0.39, 0.29) is 24.1 Å². The Kier molecular flexibility index (Phi) is 3.84. The molecule has 2 aromatic rings. The monoisotopic (exact) mass is 348 g/mol. The minimum Gasteiger partial charge on any atom is -0.474 e. The highest BCUT2D eigenvalue weighted by atomic mass is 32.1. The maximum atomic E-state index is 12.6. The molecule has 0 aromatic carbocycles. The van der Waals surface area contributed by atoms with Crippen LogP contribution in [0, 0.1) is 6.92 Å². The lowest BCUT2D eigenvalue weighted by Gasteiger charge is -2.37. The lowest BCUT2D eigenvalue weighted by Crippen LogP contribution is -2.54. The van der Waals surface area contributed by atoms with Gasteiger partial charge in [-0.3, -0.25) is 19.8 Å². The van der Waals surface area contributed by atoms with Crippen LogP contribution in [0.5, 0.6) is 5.75 Å². The van der Waals surface area contributed by atoms with E-state index in [0.717, 1.165) is 5.01 Å². The quantitative estimate of drug-likeness (QED) is 0.847. The van der Waals surface area contributed by atoms with Crippen LogP contribution < -0.4 is 20.7 Å². The second-order valence-corrected chi connectivity index (χ2v) is 6.92. The summed E-state index contributed by atoms with van der Waals surface area (Å²) in [4.78, 5) is 30.3. The molecule has 0 spiro atoms. The summed E-state index contributed by atoms with van der Waals surface area (Å²) < 4.78 is 5.66. The van der Waals surface area contributed by atoms with Crippen molar-refractivity contribution in [1.82, 2.24) is 15.2 Å². The number of nitrogen functional groups attached to an aromatic ring is 1. The molecule has 0 aliphatic carbocycles. The first-order valence-corrected chi connectivity index (χ1v) is 7.95. The summed E-state index contributed by atoms with van der Waals surface area (Å²) >= 11 is 1.25. The van der Waals surface area contributed by atoms with E-state index in [9.17, 15) is 9.59 Å². The van der Waals surface area contributed by atoms with Crippen molar-refractivity contribution in [3.63, 3.8) is 0 Å². The van der Waals surface area contributed by atoms with Crippen LogP contribution in [0.2, 0.25) is 0 Å². The SMILES string of the molecule is Cc1nnc(NC(=O)CN2C(=O)C(C)(C)Oc3ccc(N)nc32)s1. The molecule has 3 rings (SSSR count). The van der Waals surface area contributed by atoms with Gasteiger partial charge in [-0.05, 0) is 32.9 Å². The van der Waals surface area contributed by atoms with Gasteiger partial charge in [-0.25, -0.2) is 4.98 Å². The van der Waals surface area contributed by atoms with E-state index in [1.807, 2.05) is 0 Å². The highest BCUT2D eigenvalue weighted by Crippen LogP contribution is 2.36. The highest BCUT2D eigenvalue weighted by molar-refractivity contribution is 7.15. The molecule has 2 aromatic heterocycles. The Morgan fingerprint density at radius 3 is 2.83 bits per heavy atom. The molecule has 9 nitrogen and oxygen atoms in total. The van der Waals surface area contributed by atoms with E-state index in [4.69, 9.17) is 10.5 Å². The van der Waals surface area contributed by atoms with Crippen LogP contribution >= 0.6 is 11.3 Å². The van der Waals surface area contributed by atoms with Gasteiger partial charge in [0, 0.05) is 0 Å². The number of pyridine rings is 1. The fourth-order valence-electron chi connectivity index (χ4n) is 2.26. The van der Waals surface area contributed by atoms with E-state index in [1.54, 1.807) is 32.9 Å². The predicted molar refractivity (Wildman–Crippen MR) is 89.0 cm³/mol. The summed E-state index contributed by atoms with van der Waals surface area (Å²) in [5.41, 5.74) is 4.59. The van der Waals surface area contributed by atoms with Crippen molar-refractivity contribution >= 4 is 39.9 Å². The molecule has 1 aliphatic rings. The van der Waals surface area contributed by atoms with Crippen molar-refractivity contribution in [2.24, 2.45) is 0 Å². The maximum Gasteiger partial charge on any atom is 0.272 e. The molecule has 3 heterocycles. The second kappa shape index (κ2) is 5.71. The molecule has 1 aliphatic heterocycles. The number of ether oxygens (including phenoxy) is 1. The highest BCUT2D eigenvalue weighted by Gasteiger charge is 2.42. The number of nitrogens with one attached hydrogen (secondary N) is 1. The summed E-state index contributed by atoms with van der Waals surface area (Å²) in [5, 5.41) is 11.4. The number of nitrogens with two attached hydrogens (primary N) is 1. The number of carbonyl (C=O) groups excluding carboxylic acids is 2. The summed E-state index contributed by atoms with van der Waals surface area (Å²) in [6.07, 6.45) is 0. The molecule has 0 saturated heterocycles. The van der Waals surface area contributed by atoms with Crippen molar-refractivity contribution < 1.29 is 14.3 Å². The van der Waals surface area contributed by atoms with Crippen LogP contribution in [0.25, 0.3) is 0 Å². The number of fused-ring (bicyclic) bond motifs is 1. The molecule has 0 radical (unpaired) electrons. The average Bonchev–Trinajstić information content (AvgIpc) is 2.89. The Hall–Kier alpha value is -2.75. The number of hydrogen-bond donors (Lipinski definition) is 2. The summed E-state index contributed by atoms with van der Waals surface area (Å²) in [6.45, 7) is 4.82. The Morgan fingerprint density at radius 2 is 2.17 bits per heavy atom. The van der Waals surface area contributed by atoms with Gasteiger partial charge in [-0.2, -0.15) is 0 Å². The van der Waals surface area contributed by atoms with Gasteiger partial charge >= 0.3 is 0 Å². The van der Waals surface area contributed by atoms with Crippen molar-refractivity contribution in [1.29, 1.82) is 0 Å². The molecule has 10 heteroatoms. The Balaban J connectivity index is 1.86. The zero-order valence-electron chi connectivity index (χ0n) is 13.4. The number of amides is 2. The Labute approximate surface area is 141 Å². The fraction of sp³-hybridized carbons (Fsp3) is 0.357. The number of aryl methyl sites for hydroxylation is 1. The summed E-state index contributed by atoms with van der Waals surface area (Å²) in [6, 6.07) is 3.21. The van der Waals surface area contributed by atoms with E-state index >= 15 is 0 Å². The number of aromatic nitrogens is 3. The molecule has 0 unspecified atom stereocenters. The molecular formula is C14H16N6O3S. The molecule has 2 amide bonds. The van der Waals surface area contributed by atoms with Gasteiger partial charge in [0.25, 0.3) is 5.91 Å². The average molecular weight is 348 g/mol. The summed E-state index contributed by atoms with van der Waals surface area (Å²) in [7, 11) is 0. The number of rotatable bonds is 3. The van der Waals surface area contributed by atoms with Crippen LogP contribution in [-0.4, -0.2) is 39.1 Å². The van der Waals surface area contributed by atoms with Crippen LogP contribution in [-0.2, 0) is 9.59 Å². The van der Waals surface area contributed by atoms with Crippen LogP contribution in [0.4, 0.5) is 16.8 Å². The lowest BCUT2D eigenvalue weighted by atomic mass is 10.1. The summed E-state index contributed by atoms with van der Waals surface area (Å²) in [5.74, 6) is 0.0651. The first kappa shape index (κ1) is 16.1. The maximum absolute atomic E-state index is 12.6. The third-order valence-electron chi connectivity index (χ3n) is 3.32. The minimum absolute atomic E-state index is 0.225. The van der Waals surface area contributed by atoms with Crippen molar-refractivity contribution in [3.8, 4) is 5.75 Å². The van der Waals surface area contributed by atoms with E-state index < -0.39 is 11.5 Å². The number of carbonyl (C=O) groups is 2. The largest absolute Gasteiger partial charge is 0.474 e. The number of nitrogens with zero attached hydrogens (tertiary/aromatic N) is 4. The molecule has 126 valence electrons. The first-order valence-electron chi connectivity index (χ1n) is 7.14. The van der Waals surface area contributed by atoms with Crippen LogP contribution in [0.3, 0.4) is 0 Å². The molecule has 0 atom stereocenters. The van der Waals surface area contributed by atoms with Gasteiger partial charge in [-0.15, -0.1) is 10.2 Å². The standard InChI is InChI=1S/C14H16N6O3S/c1-7-18-19-13(24-7)17-10(21)6-20-11-8(4-5-9(15)16-11)23-14(2,3)12(20)22/h4-5H,6H2,1-3H3,(H2,15,16)(H,17,19,21). The van der Waals surface area contributed by atoms with Gasteiger partial charge in [0.15, 0.2) is 17.2 Å². The van der Waals surface area contributed by atoms with Crippen LogP contribution in [0.15, 0.2) is 12.1 Å².